The molecule has 2 rings (SSSR count). The lowest BCUT2D eigenvalue weighted by atomic mass is 10.1. The van der Waals surface area contributed by atoms with Crippen molar-refractivity contribution in [2.24, 2.45) is 5.92 Å². The molecule has 1 aromatic carbocycles. The van der Waals surface area contributed by atoms with E-state index in [9.17, 15) is 4.79 Å². The van der Waals surface area contributed by atoms with Gasteiger partial charge in [0.2, 0.25) is 0 Å². The Kier molecular flexibility index (Phi) is 3.69. The van der Waals surface area contributed by atoms with E-state index >= 15 is 0 Å². The molecule has 4 nitrogen and oxygen atoms in total. The molecule has 2 aromatic rings. The highest BCUT2D eigenvalue weighted by atomic mass is 16.2. The summed E-state index contributed by atoms with van der Waals surface area (Å²) in [5.74, 6) is 0.873. The summed E-state index contributed by atoms with van der Waals surface area (Å²) in [6, 6.07) is 7.59. The van der Waals surface area contributed by atoms with E-state index in [0.717, 1.165) is 17.3 Å². The molecule has 0 saturated heterocycles. The molecule has 1 aromatic heterocycles. The number of anilines is 1. The standard InChI is InChI=1S/C15H19N3O/c1-10(2)9-18(3)15(19)13-8-17-14(16)12-7-5-4-6-11(12)13/h4-8,10H,9H2,1-3H3,(H2,16,17). The normalized spacial score (nSPS) is 10.9. The van der Waals surface area contributed by atoms with Gasteiger partial charge in [-0.05, 0) is 11.3 Å². The van der Waals surface area contributed by atoms with Crippen LogP contribution < -0.4 is 5.73 Å². The van der Waals surface area contributed by atoms with Gasteiger partial charge in [-0.2, -0.15) is 0 Å². The Morgan fingerprint density at radius 2 is 1.95 bits per heavy atom. The van der Waals surface area contributed by atoms with Gasteiger partial charge < -0.3 is 10.6 Å². The predicted octanol–water partition coefficient (Wildman–Crippen LogP) is 2.55. The molecule has 2 N–H and O–H groups in total. The maximum Gasteiger partial charge on any atom is 0.255 e. The number of benzene rings is 1. The first-order valence-corrected chi connectivity index (χ1v) is 6.39. The minimum Gasteiger partial charge on any atom is -0.383 e. The van der Waals surface area contributed by atoms with Crippen LogP contribution in [0.1, 0.15) is 24.2 Å². The van der Waals surface area contributed by atoms with Crippen LogP contribution >= 0.6 is 0 Å². The minimum atomic E-state index is -0.0163. The quantitative estimate of drug-likeness (QED) is 0.919. The number of nitrogens with two attached hydrogens (primary N) is 1. The van der Waals surface area contributed by atoms with Gasteiger partial charge in [0.1, 0.15) is 5.82 Å². The lowest BCUT2D eigenvalue weighted by Crippen LogP contribution is -2.30. The fraction of sp³-hybridized carbons (Fsp3) is 0.333. The van der Waals surface area contributed by atoms with Gasteiger partial charge in [-0.15, -0.1) is 0 Å². The van der Waals surface area contributed by atoms with Gasteiger partial charge in [0.15, 0.2) is 0 Å². The number of hydrogen-bond donors (Lipinski definition) is 1. The van der Waals surface area contributed by atoms with E-state index < -0.39 is 0 Å². The summed E-state index contributed by atoms with van der Waals surface area (Å²) in [4.78, 5) is 18.3. The van der Waals surface area contributed by atoms with Crippen LogP contribution in [0.2, 0.25) is 0 Å². The number of aromatic nitrogens is 1. The Morgan fingerprint density at radius 3 is 2.58 bits per heavy atom. The highest BCUT2D eigenvalue weighted by Gasteiger charge is 2.16. The summed E-state index contributed by atoms with van der Waals surface area (Å²) in [5, 5.41) is 1.68. The summed E-state index contributed by atoms with van der Waals surface area (Å²) in [6.45, 7) is 4.89. The number of nitrogens with zero attached hydrogens (tertiary/aromatic N) is 2. The second kappa shape index (κ2) is 5.26. The van der Waals surface area contributed by atoms with E-state index in [1.165, 1.54) is 0 Å². The second-order valence-corrected chi connectivity index (χ2v) is 5.18. The third-order valence-electron chi connectivity index (χ3n) is 3.04. The van der Waals surface area contributed by atoms with Crippen molar-refractivity contribution in [3.05, 3.63) is 36.0 Å². The molecule has 0 aliphatic carbocycles. The molecule has 0 radical (unpaired) electrons. The Hall–Kier alpha value is -2.10. The Bertz CT molecular complexity index is 607. The molecule has 0 atom stereocenters. The average Bonchev–Trinajstić information content (AvgIpc) is 2.38. The number of carbonyl (C=O) groups excluding carboxylic acids is 1. The second-order valence-electron chi connectivity index (χ2n) is 5.18. The van der Waals surface area contributed by atoms with Gasteiger partial charge in [0, 0.05) is 25.2 Å². The molecular weight excluding hydrogens is 238 g/mol. The molecule has 0 saturated carbocycles. The summed E-state index contributed by atoms with van der Waals surface area (Å²) in [5.41, 5.74) is 6.45. The number of fused-ring (bicyclic) bond motifs is 1. The molecule has 100 valence electrons. The molecule has 0 aliphatic rings. The van der Waals surface area contributed by atoms with E-state index in [4.69, 9.17) is 5.73 Å². The number of hydrogen-bond acceptors (Lipinski definition) is 3. The molecule has 0 bridgehead atoms. The minimum absolute atomic E-state index is 0.0163. The zero-order valence-electron chi connectivity index (χ0n) is 11.6. The van der Waals surface area contributed by atoms with Crippen LogP contribution in [-0.4, -0.2) is 29.4 Å². The Morgan fingerprint density at radius 1 is 1.32 bits per heavy atom. The van der Waals surface area contributed by atoms with Gasteiger partial charge >= 0.3 is 0 Å². The molecule has 0 unspecified atom stereocenters. The first kappa shape index (κ1) is 13.3. The number of carbonyl (C=O) groups is 1. The van der Waals surface area contributed by atoms with E-state index in [1.807, 2.05) is 31.3 Å². The van der Waals surface area contributed by atoms with E-state index in [1.54, 1.807) is 11.1 Å². The fourth-order valence-corrected chi connectivity index (χ4v) is 2.22. The predicted molar refractivity (Wildman–Crippen MR) is 78.0 cm³/mol. The number of rotatable bonds is 3. The zero-order valence-corrected chi connectivity index (χ0v) is 11.6. The van der Waals surface area contributed by atoms with Crippen molar-refractivity contribution in [3.63, 3.8) is 0 Å². The van der Waals surface area contributed by atoms with Crippen molar-refractivity contribution in [2.45, 2.75) is 13.8 Å². The largest absolute Gasteiger partial charge is 0.383 e. The van der Waals surface area contributed by atoms with Gasteiger partial charge in [0.05, 0.1) is 5.56 Å². The molecule has 1 amide bonds. The van der Waals surface area contributed by atoms with Crippen molar-refractivity contribution < 1.29 is 4.79 Å². The van der Waals surface area contributed by atoms with Crippen molar-refractivity contribution in [2.75, 3.05) is 19.3 Å². The van der Waals surface area contributed by atoms with E-state index in [2.05, 4.69) is 18.8 Å². The van der Waals surface area contributed by atoms with Crippen LogP contribution in [0, 0.1) is 5.92 Å². The van der Waals surface area contributed by atoms with Crippen LogP contribution in [0.3, 0.4) is 0 Å². The van der Waals surface area contributed by atoms with Crippen molar-refractivity contribution in [3.8, 4) is 0 Å². The molecule has 0 aliphatic heterocycles. The molecule has 4 heteroatoms. The highest BCUT2D eigenvalue weighted by Crippen LogP contribution is 2.23. The average molecular weight is 257 g/mol. The van der Waals surface area contributed by atoms with E-state index in [0.29, 0.717) is 17.3 Å². The van der Waals surface area contributed by atoms with Gasteiger partial charge in [-0.3, -0.25) is 4.79 Å². The Balaban J connectivity index is 2.46. The van der Waals surface area contributed by atoms with Gasteiger partial charge in [0.25, 0.3) is 5.91 Å². The highest BCUT2D eigenvalue weighted by molar-refractivity contribution is 6.08. The van der Waals surface area contributed by atoms with Gasteiger partial charge in [-0.25, -0.2) is 4.98 Å². The topological polar surface area (TPSA) is 59.2 Å². The maximum absolute atomic E-state index is 12.5. The smallest absolute Gasteiger partial charge is 0.255 e. The molecule has 1 heterocycles. The maximum atomic E-state index is 12.5. The van der Waals surface area contributed by atoms with Gasteiger partial charge in [-0.1, -0.05) is 38.1 Å². The lowest BCUT2D eigenvalue weighted by molar-refractivity contribution is 0.0781. The summed E-state index contributed by atoms with van der Waals surface area (Å²) in [6.07, 6.45) is 1.57. The van der Waals surface area contributed by atoms with Crippen LogP contribution in [-0.2, 0) is 0 Å². The van der Waals surface area contributed by atoms with Crippen molar-refractivity contribution in [1.82, 2.24) is 9.88 Å². The number of nitrogen functional groups attached to an aromatic ring is 1. The fourth-order valence-electron chi connectivity index (χ4n) is 2.22. The van der Waals surface area contributed by atoms with Crippen LogP contribution in [0.15, 0.2) is 30.5 Å². The lowest BCUT2D eigenvalue weighted by Gasteiger charge is -2.20. The zero-order chi connectivity index (χ0) is 14.0. The van der Waals surface area contributed by atoms with Crippen LogP contribution in [0.5, 0.6) is 0 Å². The molecular formula is C15H19N3O. The third kappa shape index (κ3) is 2.67. The first-order chi connectivity index (χ1) is 9.00. The van der Waals surface area contributed by atoms with Crippen LogP contribution in [0.25, 0.3) is 10.8 Å². The Labute approximate surface area is 113 Å². The van der Waals surface area contributed by atoms with Crippen molar-refractivity contribution in [1.29, 1.82) is 0 Å². The van der Waals surface area contributed by atoms with E-state index in [-0.39, 0.29) is 5.91 Å². The SMILES string of the molecule is CC(C)CN(C)C(=O)c1cnc(N)c2ccccc12. The molecule has 0 spiro atoms. The summed E-state index contributed by atoms with van der Waals surface area (Å²) in [7, 11) is 1.81. The monoisotopic (exact) mass is 257 g/mol. The molecule has 0 fully saturated rings. The number of pyridine rings is 1. The summed E-state index contributed by atoms with van der Waals surface area (Å²) < 4.78 is 0. The van der Waals surface area contributed by atoms with Crippen molar-refractivity contribution >= 4 is 22.5 Å². The van der Waals surface area contributed by atoms with Crippen LogP contribution in [0.4, 0.5) is 5.82 Å². The summed E-state index contributed by atoms with van der Waals surface area (Å²) >= 11 is 0. The third-order valence-corrected chi connectivity index (χ3v) is 3.04. The number of amides is 1. The molecule has 19 heavy (non-hydrogen) atoms. The first-order valence-electron chi connectivity index (χ1n) is 6.39.